The highest BCUT2D eigenvalue weighted by Gasteiger charge is 2.30. The average molecular weight is 270 g/mol. The van der Waals surface area contributed by atoms with E-state index in [1.54, 1.807) is 18.2 Å². The number of benzene rings is 1. The Balaban J connectivity index is 2.05. The third kappa shape index (κ3) is 2.97. The maximum absolute atomic E-state index is 9.79. The number of rotatable bonds is 4. The Morgan fingerprint density at radius 3 is 2.56 bits per heavy atom. The Bertz CT molecular complexity index is 383. The first-order chi connectivity index (χ1) is 8.67. The fraction of sp³-hybridized carbons (Fsp3) is 0.571. The molecule has 0 bridgehead atoms. The highest BCUT2D eigenvalue weighted by molar-refractivity contribution is 6.31. The van der Waals surface area contributed by atoms with Crippen molar-refractivity contribution >= 4 is 11.6 Å². The Kier molecular flexibility index (Phi) is 4.49. The van der Waals surface area contributed by atoms with Crippen LogP contribution in [0.25, 0.3) is 0 Å². The highest BCUT2D eigenvalue weighted by atomic mass is 35.5. The second-order valence-electron chi connectivity index (χ2n) is 5.09. The molecular weight excluding hydrogens is 250 g/mol. The summed E-state index contributed by atoms with van der Waals surface area (Å²) >= 11 is 6.07. The van der Waals surface area contributed by atoms with E-state index < -0.39 is 0 Å². The van der Waals surface area contributed by atoms with E-state index in [1.165, 1.54) is 6.42 Å². The number of phenolic OH excluding ortho intramolecular Hbond substituents is 1. The van der Waals surface area contributed by atoms with Gasteiger partial charge in [-0.25, -0.2) is 0 Å². The van der Waals surface area contributed by atoms with Crippen LogP contribution in [-0.4, -0.2) is 22.4 Å². The molecule has 100 valence electrons. The molecule has 1 aliphatic rings. The van der Waals surface area contributed by atoms with Gasteiger partial charge in [-0.05, 0) is 25.0 Å². The molecule has 18 heavy (non-hydrogen) atoms. The number of hydrogen-bond donors (Lipinski definition) is 3. The van der Waals surface area contributed by atoms with Gasteiger partial charge in [-0.15, -0.1) is 0 Å². The monoisotopic (exact) mass is 269 g/mol. The van der Waals surface area contributed by atoms with Crippen LogP contribution in [-0.2, 0) is 6.54 Å². The standard InChI is InChI=1S/C14H20ClNO2/c15-12-5-4-6-13(18)11(12)9-16-14(10-17)7-2-1-3-8-14/h4-6,16-18H,1-3,7-10H2. The number of nitrogens with one attached hydrogen (secondary N) is 1. The zero-order valence-corrected chi connectivity index (χ0v) is 11.2. The molecule has 2 rings (SSSR count). The van der Waals surface area contributed by atoms with Gasteiger partial charge in [0.1, 0.15) is 5.75 Å². The van der Waals surface area contributed by atoms with E-state index in [4.69, 9.17) is 11.6 Å². The van der Waals surface area contributed by atoms with Crippen molar-refractivity contribution in [2.24, 2.45) is 0 Å². The van der Waals surface area contributed by atoms with Gasteiger partial charge >= 0.3 is 0 Å². The van der Waals surface area contributed by atoms with Gasteiger partial charge in [0.2, 0.25) is 0 Å². The van der Waals surface area contributed by atoms with Crippen LogP contribution in [0.5, 0.6) is 5.75 Å². The van der Waals surface area contributed by atoms with Gasteiger partial charge in [0.05, 0.1) is 6.61 Å². The van der Waals surface area contributed by atoms with Gasteiger partial charge in [-0.2, -0.15) is 0 Å². The van der Waals surface area contributed by atoms with Crippen LogP contribution < -0.4 is 5.32 Å². The number of phenols is 1. The summed E-state index contributed by atoms with van der Waals surface area (Å²) in [6.45, 7) is 0.629. The molecule has 1 aromatic carbocycles. The lowest BCUT2D eigenvalue weighted by molar-refractivity contribution is 0.119. The molecule has 4 heteroatoms. The lowest BCUT2D eigenvalue weighted by Crippen LogP contribution is -2.49. The zero-order chi connectivity index (χ0) is 13.0. The Hall–Kier alpha value is -0.770. The first kappa shape index (κ1) is 13.7. The van der Waals surface area contributed by atoms with Crippen LogP contribution in [0.1, 0.15) is 37.7 Å². The largest absolute Gasteiger partial charge is 0.508 e. The number of aromatic hydroxyl groups is 1. The normalized spacial score (nSPS) is 18.8. The van der Waals surface area contributed by atoms with Crippen molar-refractivity contribution in [3.63, 3.8) is 0 Å². The molecule has 0 radical (unpaired) electrons. The highest BCUT2D eigenvalue weighted by Crippen LogP contribution is 2.30. The molecule has 0 aliphatic heterocycles. The molecule has 0 aromatic heterocycles. The molecule has 3 N–H and O–H groups in total. The number of aliphatic hydroxyl groups excluding tert-OH is 1. The quantitative estimate of drug-likeness (QED) is 0.788. The summed E-state index contributed by atoms with van der Waals surface area (Å²) in [6.07, 6.45) is 5.48. The number of halogens is 1. The second kappa shape index (κ2) is 5.91. The van der Waals surface area contributed by atoms with Crippen molar-refractivity contribution in [2.45, 2.75) is 44.2 Å². The van der Waals surface area contributed by atoms with Gasteiger partial charge in [0.25, 0.3) is 0 Å². The topological polar surface area (TPSA) is 52.5 Å². The van der Waals surface area contributed by atoms with Crippen molar-refractivity contribution < 1.29 is 10.2 Å². The minimum atomic E-state index is -0.205. The van der Waals surface area contributed by atoms with Crippen LogP contribution >= 0.6 is 11.6 Å². The summed E-state index contributed by atoms with van der Waals surface area (Å²) in [6, 6.07) is 5.13. The van der Waals surface area contributed by atoms with Gasteiger partial charge in [0.15, 0.2) is 0 Å². The molecule has 1 fully saturated rings. The average Bonchev–Trinajstić information content (AvgIpc) is 2.39. The van der Waals surface area contributed by atoms with Gasteiger partial charge in [0, 0.05) is 22.7 Å². The van der Waals surface area contributed by atoms with E-state index in [1.807, 2.05) is 0 Å². The number of hydrogen-bond acceptors (Lipinski definition) is 3. The SMILES string of the molecule is OCC1(NCc2c(O)cccc2Cl)CCCCC1. The predicted octanol–water partition coefficient (Wildman–Crippen LogP) is 2.83. The summed E-state index contributed by atoms with van der Waals surface area (Å²) in [5, 5.41) is 23.3. The van der Waals surface area contributed by atoms with E-state index in [2.05, 4.69) is 5.32 Å². The molecule has 1 aromatic rings. The summed E-state index contributed by atoms with van der Waals surface area (Å²) in [4.78, 5) is 0. The van der Waals surface area contributed by atoms with Crippen LogP contribution in [0.2, 0.25) is 5.02 Å². The lowest BCUT2D eigenvalue weighted by atomic mass is 9.82. The van der Waals surface area contributed by atoms with Gasteiger partial charge in [-0.1, -0.05) is 36.9 Å². The molecule has 0 heterocycles. The van der Waals surface area contributed by atoms with Crippen LogP contribution in [0.4, 0.5) is 0 Å². The van der Waals surface area contributed by atoms with E-state index in [-0.39, 0.29) is 17.9 Å². The molecule has 1 aliphatic carbocycles. The van der Waals surface area contributed by atoms with Crippen LogP contribution in [0.15, 0.2) is 18.2 Å². The first-order valence-electron chi connectivity index (χ1n) is 6.49. The maximum atomic E-state index is 9.79. The predicted molar refractivity (Wildman–Crippen MR) is 72.9 cm³/mol. The summed E-state index contributed by atoms with van der Waals surface area (Å²) < 4.78 is 0. The maximum Gasteiger partial charge on any atom is 0.121 e. The van der Waals surface area contributed by atoms with Crippen LogP contribution in [0, 0.1) is 0 Å². The first-order valence-corrected chi connectivity index (χ1v) is 6.87. The van der Waals surface area contributed by atoms with E-state index in [0.29, 0.717) is 17.1 Å². The smallest absolute Gasteiger partial charge is 0.121 e. The molecule has 0 saturated heterocycles. The molecule has 0 unspecified atom stereocenters. The third-order valence-electron chi connectivity index (χ3n) is 3.85. The van der Waals surface area contributed by atoms with Gasteiger partial charge < -0.3 is 15.5 Å². The van der Waals surface area contributed by atoms with Gasteiger partial charge in [-0.3, -0.25) is 0 Å². The molecular formula is C14H20ClNO2. The lowest BCUT2D eigenvalue weighted by Gasteiger charge is -2.37. The molecule has 3 nitrogen and oxygen atoms in total. The molecule has 0 spiro atoms. The summed E-state index contributed by atoms with van der Waals surface area (Å²) in [5.41, 5.74) is 0.502. The van der Waals surface area contributed by atoms with Crippen molar-refractivity contribution in [3.05, 3.63) is 28.8 Å². The number of aliphatic hydroxyl groups is 1. The Morgan fingerprint density at radius 2 is 1.94 bits per heavy atom. The van der Waals surface area contributed by atoms with Crippen molar-refractivity contribution in [3.8, 4) is 5.75 Å². The second-order valence-corrected chi connectivity index (χ2v) is 5.50. The van der Waals surface area contributed by atoms with Crippen LogP contribution in [0.3, 0.4) is 0 Å². The minimum Gasteiger partial charge on any atom is -0.508 e. The van der Waals surface area contributed by atoms with Crippen molar-refractivity contribution in [1.29, 1.82) is 0 Å². The van der Waals surface area contributed by atoms with Crippen molar-refractivity contribution in [1.82, 2.24) is 5.32 Å². The molecule has 1 saturated carbocycles. The van der Waals surface area contributed by atoms with E-state index in [0.717, 1.165) is 25.7 Å². The van der Waals surface area contributed by atoms with E-state index >= 15 is 0 Å². The summed E-state index contributed by atoms with van der Waals surface area (Å²) in [7, 11) is 0. The Labute approximate surface area is 113 Å². The third-order valence-corrected chi connectivity index (χ3v) is 4.20. The molecule has 0 atom stereocenters. The fourth-order valence-electron chi connectivity index (χ4n) is 2.62. The van der Waals surface area contributed by atoms with E-state index in [9.17, 15) is 10.2 Å². The zero-order valence-electron chi connectivity index (χ0n) is 10.5. The molecule has 0 amide bonds. The Morgan fingerprint density at radius 1 is 1.22 bits per heavy atom. The minimum absolute atomic E-state index is 0.137. The fourth-order valence-corrected chi connectivity index (χ4v) is 2.85. The van der Waals surface area contributed by atoms with Crippen molar-refractivity contribution in [2.75, 3.05) is 6.61 Å². The summed E-state index contributed by atoms with van der Waals surface area (Å²) in [5.74, 6) is 0.207.